The maximum absolute atomic E-state index is 12.9. The zero-order valence-corrected chi connectivity index (χ0v) is 48.1. The molecule has 3 unspecified atom stereocenters. The van der Waals surface area contributed by atoms with Crippen LogP contribution in [0.5, 0.6) is 0 Å². The van der Waals surface area contributed by atoms with Gasteiger partial charge >= 0.3 is 7.82 Å². The van der Waals surface area contributed by atoms with E-state index >= 15 is 0 Å². The summed E-state index contributed by atoms with van der Waals surface area (Å²) in [6.45, 7) is 4.77. The Morgan fingerprint density at radius 3 is 1.24 bits per heavy atom. The minimum Gasteiger partial charge on any atom is -0.391 e. The monoisotopic (exact) mass is 1020 g/mol. The molecule has 0 aromatic rings. The van der Waals surface area contributed by atoms with Crippen LogP contribution >= 0.6 is 7.82 Å². The Bertz CT molecular complexity index is 1380. The zero-order valence-electron chi connectivity index (χ0n) is 47.2. The number of unbranched alkanes of at least 4 members (excludes halogenated alkanes) is 29. The van der Waals surface area contributed by atoms with E-state index in [9.17, 15) is 19.4 Å². The van der Waals surface area contributed by atoms with E-state index in [0.717, 1.165) is 77.0 Å². The van der Waals surface area contributed by atoms with Gasteiger partial charge in [0.1, 0.15) is 13.2 Å². The number of hydrogen-bond acceptors (Lipinski definition) is 5. The molecular weight excluding hydrogens is 900 g/mol. The third kappa shape index (κ3) is 55.5. The molecule has 0 heterocycles. The second kappa shape index (κ2) is 52.8. The quantitative estimate of drug-likeness (QED) is 0.0243. The van der Waals surface area contributed by atoms with Crippen molar-refractivity contribution in [2.24, 2.45) is 0 Å². The number of hydrogen-bond donors (Lipinski definition) is 3. The molecule has 414 valence electrons. The van der Waals surface area contributed by atoms with Crippen molar-refractivity contribution in [3.8, 4) is 0 Å². The van der Waals surface area contributed by atoms with Gasteiger partial charge in [0.05, 0.1) is 39.9 Å². The first kappa shape index (κ1) is 68.9. The Morgan fingerprint density at radius 2 is 0.845 bits per heavy atom. The van der Waals surface area contributed by atoms with Gasteiger partial charge < -0.3 is 19.8 Å². The van der Waals surface area contributed by atoms with Crippen molar-refractivity contribution < 1.29 is 32.9 Å². The van der Waals surface area contributed by atoms with Crippen molar-refractivity contribution in [2.75, 3.05) is 40.9 Å². The van der Waals surface area contributed by atoms with E-state index in [1.165, 1.54) is 161 Å². The Kier molecular flexibility index (Phi) is 51.3. The summed E-state index contributed by atoms with van der Waals surface area (Å²) in [4.78, 5) is 23.2. The average molecular weight is 1020 g/mol. The van der Waals surface area contributed by atoms with E-state index in [-0.39, 0.29) is 19.1 Å². The van der Waals surface area contributed by atoms with Gasteiger partial charge in [0, 0.05) is 6.42 Å². The molecule has 0 radical (unpaired) electrons. The second-order valence-corrected chi connectivity index (χ2v) is 22.8. The number of aliphatic hydroxyl groups is 1. The minimum absolute atomic E-state index is 0.0745. The lowest BCUT2D eigenvalue weighted by Crippen LogP contribution is -2.46. The highest BCUT2D eigenvalue weighted by molar-refractivity contribution is 7.47. The highest BCUT2D eigenvalue weighted by Crippen LogP contribution is 2.43. The fraction of sp³-hybridized carbons (Fsp3) is 0.790. The Morgan fingerprint density at radius 1 is 0.493 bits per heavy atom. The lowest BCUT2D eigenvalue weighted by atomic mass is 10.0. The van der Waals surface area contributed by atoms with Crippen LogP contribution in [0.25, 0.3) is 0 Å². The molecule has 0 rings (SSSR count). The average Bonchev–Trinajstić information content (AvgIpc) is 3.33. The molecule has 0 aromatic heterocycles. The normalized spacial score (nSPS) is 14.4. The van der Waals surface area contributed by atoms with E-state index in [1.54, 1.807) is 0 Å². The van der Waals surface area contributed by atoms with Gasteiger partial charge in [-0.05, 0) is 64.2 Å². The number of aliphatic hydroxyl groups excluding tert-OH is 1. The number of nitrogens with one attached hydrogen (secondary N) is 1. The molecule has 0 spiro atoms. The third-order valence-corrected chi connectivity index (χ3v) is 14.2. The second-order valence-electron chi connectivity index (χ2n) is 21.3. The maximum atomic E-state index is 12.9. The van der Waals surface area contributed by atoms with Crippen LogP contribution in [-0.4, -0.2) is 73.4 Å². The van der Waals surface area contributed by atoms with Gasteiger partial charge in [-0.15, -0.1) is 0 Å². The van der Waals surface area contributed by atoms with Crippen LogP contribution in [0.2, 0.25) is 0 Å². The first-order valence-electron chi connectivity index (χ1n) is 29.8. The molecule has 0 aliphatic carbocycles. The summed E-state index contributed by atoms with van der Waals surface area (Å²) in [7, 11) is 1.62. The summed E-state index contributed by atoms with van der Waals surface area (Å²) < 4.78 is 23.7. The Balaban J connectivity index is 3.86. The van der Waals surface area contributed by atoms with Gasteiger partial charge in [-0.25, -0.2) is 4.57 Å². The van der Waals surface area contributed by atoms with E-state index in [0.29, 0.717) is 23.9 Å². The van der Waals surface area contributed by atoms with E-state index in [2.05, 4.69) is 92.1 Å². The van der Waals surface area contributed by atoms with Crippen molar-refractivity contribution in [3.63, 3.8) is 0 Å². The van der Waals surface area contributed by atoms with Crippen LogP contribution in [0, 0.1) is 0 Å². The molecule has 71 heavy (non-hydrogen) atoms. The number of phosphoric acid groups is 1. The van der Waals surface area contributed by atoms with Crippen LogP contribution < -0.4 is 5.32 Å². The zero-order chi connectivity index (χ0) is 52.0. The number of phosphoric ester groups is 1. The Labute approximate surface area is 440 Å². The molecule has 0 bridgehead atoms. The first-order chi connectivity index (χ1) is 34.5. The summed E-state index contributed by atoms with van der Waals surface area (Å²) in [6, 6.07) is -0.759. The molecule has 0 aromatic carbocycles. The molecule has 0 aliphatic heterocycles. The number of nitrogens with zero attached hydrogens (tertiary/aromatic N) is 1. The summed E-state index contributed by atoms with van der Waals surface area (Å²) >= 11 is 0. The largest absolute Gasteiger partial charge is 0.472 e. The first-order valence-corrected chi connectivity index (χ1v) is 31.3. The van der Waals surface area contributed by atoms with Gasteiger partial charge in [-0.2, -0.15) is 0 Å². The van der Waals surface area contributed by atoms with Crippen molar-refractivity contribution in [1.29, 1.82) is 0 Å². The number of allylic oxidation sites excluding steroid dienone is 12. The fourth-order valence-electron chi connectivity index (χ4n) is 8.58. The molecule has 0 saturated heterocycles. The standard InChI is InChI=1S/C62H115N2O6P/c1-6-8-10-12-14-16-18-19-20-21-22-23-24-25-26-27-28-29-30-31-32-33-34-35-36-37-38-39-40-41-42-43-44-45-46-48-50-52-54-56-62(66)63-60(59-70-71(67,68)69-58-57-64(3,4)5)61(65)55-53-51-49-47-17-15-13-11-9-7-2/h8,10,14,16,19-20,22-23,25-26,28-29,60-61,65H,6-7,9,11-13,15,17-18,21,24,27,30-59H2,1-5H3,(H-,63,66,67,68)/p+1/b10-8-,16-14-,20-19-,23-22-,26-25-,29-28-. The fourth-order valence-corrected chi connectivity index (χ4v) is 9.32. The number of quaternary nitrogens is 1. The molecule has 0 fully saturated rings. The summed E-state index contributed by atoms with van der Waals surface area (Å²) in [5.74, 6) is -0.144. The summed E-state index contributed by atoms with van der Waals surface area (Å²) in [5, 5.41) is 14.0. The van der Waals surface area contributed by atoms with Gasteiger partial charge in [0.2, 0.25) is 5.91 Å². The van der Waals surface area contributed by atoms with Crippen molar-refractivity contribution in [3.05, 3.63) is 72.9 Å². The molecule has 0 aliphatic rings. The maximum Gasteiger partial charge on any atom is 0.472 e. The predicted molar refractivity (Wildman–Crippen MR) is 309 cm³/mol. The van der Waals surface area contributed by atoms with E-state index in [1.807, 2.05) is 21.1 Å². The Hall–Kier alpha value is -2.06. The van der Waals surface area contributed by atoms with Gasteiger partial charge in [-0.3, -0.25) is 13.8 Å². The molecule has 3 N–H and O–H groups in total. The topological polar surface area (TPSA) is 105 Å². The predicted octanol–water partition coefficient (Wildman–Crippen LogP) is 18.3. The molecule has 0 saturated carbocycles. The highest BCUT2D eigenvalue weighted by Gasteiger charge is 2.28. The van der Waals surface area contributed by atoms with Crippen LogP contribution in [0.3, 0.4) is 0 Å². The van der Waals surface area contributed by atoms with Crippen molar-refractivity contribution >= 4 is 13.7 Å². The lowest BCUT2D eigenvalue weighted by molar-refractivity contribution is -0.870. The SMILES string of the molecule is CC/C=C\C/C=C\C/C=C\C/C=C\C/C=C\C/C=C\CCCCCCCCCCCCCCCCCCCCCCC(=O)NC(COP(=O)(O)OCC[N+](C)(C)C)C(O)CCCCCCCCCCCC. The smallest absolute Gasteiger partial charge is 0.391 e. The summed E-state index contributed by atoms with van der Waals surface area (Å²) in [5.41, 5.74) is 0. The van der Waals surface area contributed by atoms with Crippen molar-refractivity contribution in [2.45, 2.75) is 276 Å². The van der Waals surface area contributed by atoms with E-state index < -0.39 is 20.0 Å². The number of likely N-dealkylation sites (N-methyl/N-ethyl adjacent to an activating group) is 1. The van der Waals surface area contributed by atoms with Gasteiger partial charge in [0.25, 0.3) is 0 Å². The molecule has 8 nitrogen and oxygen atoms in total. The van der Waals surface area contributed by atoms with Crippen LogP contribution in [0.4, 0.5) is 0 Å². The minimum atomic E-state index is -4.32. The third-order valence-electron chi connectivity index (χ3n) is 13.2. The van der Waals surface area contributed by atoms with Crippen molar-refractivity contribution in [1.82, 2.24) is 5.32 Å². The molecular formula is C62H116N2O6P+. The molecule has 1 amide bonds. The van der Waals surface area contributed by atoms with Gasteiger partial charge in [0.15, 0.2) is 0 Å². The van der Waals surface area contributed by atoms with Crippen LogP contribution in [-0.2, 0) is 18.4 Å². The van der Waals surface area contributed by atoms with E-state index in [4.69, 9.17) is 9.05 Å². The van der Waals surface area contributed by atoms with Crippen LogP contribution in [0.1, 0.15) is 264 Å². The van der Waals surface area contributed by atoms with Crippen LogP contribution in [0.15, 0.2) is 72.9 Å². The number of carbonyl (C=O) groups excluding carboxylic acids is 1. The lowest BCUT2D eigenvalue weighted by Gasteiger charge is -2.26. The number of rotatable bonds is 54. The molecule has 9 heteroatoms. The summed E-state index contributed by atoms with van der Waals surface area (Å²) in [6.07, 6.45) is 72.8. The number of carbonyl (C=O) groups is 1. The van der Waals surface area contributed by atoms with Gasteiger partial charge in [-0.1, -0.05) is 267 Å². The number of amides is 1. The molecule has 3 atom stereocenters. The highest BCUT2D eigenvalue weighted by atomic mass is 31.2.